The van der Waals surface area contributed by atoms with Gasteiger partial charge >= 0.3 is 0 Å². The van der Waals surface area contributed by atoms with Gasteiger partial charge in [-0.2, -0.15) is 0 Å². The van der Waals surface area contributed by atoms with Crippen molar-refractivity contribution in [2.75, 3.05) is 27.9 Å². The lowest BCUT2D eigenvalue weighted by molar-refractivity contribution is 0.347. The molecular weight excluding hydrogens is 297 g/mol. The van der Waals surface area contributed by atoms with E-state index in [4.69, 9.17) is 19.9 Å². The number of halogens is 1. The molecule has 124 valence electrons. The number of hydrogen-bond donors (Lipinski definition) is 1. The van der Waals surface area contributed by atoms with Crippen molar-refractivity contribution < 1.29 is 18.6 Å². The van der Waals surface area contributed by atoms with Crippen molar-refractivity contribution >= 4 is 0 Å². The van der Waals surface area contributed by atoms with Crippen LogP contribution < -0.4 is 19.9 Å². The van der Waals surface area contributed by atoms with Gasteiger partial charge in [-0.1, -0.05) is 18.2 Å². The second-order valence-electron chi connectivity index (χ2n) is 5.18. The summed E-state index contributed by atoms with van der Waals surface area (Å²) in [6.07, 6.45) is 0.543. The van der Waals surface area contributed by atoms with E-state index in [1.54, 1.807) is 39.5 Å². The number of methoxy groups -OCH3 is 3. The quantitative estimate of drug-likeness (QED) is 0.852. The maximum absolute atomic E-state index is 14.0. The summed E-state index contributed by atoms with van der Waals surface area (Å²) in [6.45, 7) is 0.332. The highest BCUT2D eigenvalue weighted by atomic mass is 19.1. The summed E-state index contributed by atoms with van der Waals surface area (Å²) >= 11 is 0. The first-order valence-corrected chi connectivity index (χ1v) is 7.38. The molecule has 2 aromatic carbocycles. The van der Waals surface area contributed by atoms with Gasteiger partial charge in [0.2, 0.25) is 0 Å². The van der Waals surface area contributed by atoms with Gasteiger partial charge in [0, 0.05) is 12.0 Å². The molecule has 0 aliphatic heterocycles. The van der Waals surface area contributed by atoms with E-state index in [1.165, 1.54) is 6.07 Å². The number of hydrogen-bond acceptors (Lipinski definition) is 4. The van der Waals surface area contributed by atoms with Crippen molar-refractivity contribution in [3.05, 3.63) is 53.3 Å². The highest BCUT2D eigenvalue weighted by Gasteiger charge is 2.19. The van der Waals surface area contributed by atoms with Crippen LogP contribution in [0, 0.1) is 5.82 Å². The zero-order valence-electron chi connectivity index (χ0n) is 13.6. The van der Waals surface area contributed by atoms with Crippen LogP contribution in [0.2, 0.25) is 0 Å². The molecule has 0 aliphatic rings. The molecule has 0 fully saturated rings. The zero-order valence-corrected chi connectivity index (χ0v) is 13.6. The van der Waals surface area contributed by atoms with Crippen LogP contribution in [-0.4, -0.2) is 27.9 Å². The minimum Gasteiger partial charge on any atom is -0.496 e. The Hall–Kier alpha value is -2.27. The van der Waals surface area contributed by atoms with E-state index in [-0.39, 0.29) is 11.7 Å². The predicted octanol–water partition coefficient (Wildman–Crippen LogP) is 3.14. The smallest absolute Gasteiger partial charge is 0.164 e. The maximum Gasteiger partial charge on any atom is 0.164 e. The van der Waals surface area contributed by atoms with E-state index >= 15 is 0 Å². The lowest BCUT2D eigenvalue weighted by atomic mass is 9.91. The molecule has 0 spiro atoms. The lowest BCUT2D eigenvalue weighted by Gasteiger charge is -2.19. The topological polar surface area (TPSA) is 53.7 Å². The average Bonchev–Trinajstić information content (AvgIpc) is 2.59. The van der Waals surface area contributed by atoms with Gasteiger partial charge in [0.05, 0.1) is 21.3 Å². The maximum atomic E-state index is 14.0. The Kier molecular flexibility index (Phi) is 5.82. The van der Waals surface area contributed by atoms with Gasteiger partial charge in [-0.25, -0.2) is 4.39 Å². The van der Waals surface area contributed by atoms with Crippen LogP contribution in [0.3, 0.4) is 0 Å². The molecule has 1 atom stereocenters. The monoisotopic (exact) mass is 319 g/mol. The summed E-state index contributed by atoms with van der Waals surface area (Å²) in [4.78, 5) is 0. The molecule has 0 aliphatic carbocycles. The third-order valence-corrected chi connectivity index (χ3v) is 3.88. The Morgan fingerprint density at radius 3 is 2.13 bits per heavy atom. The molecule has 0 bridgehead atoms. The fourth-order valence-corrected chi connectivity index (χ4v) is 2.64. The van der Waals surface area contributed by atoms with Gasteiger partial charge in [0.25, 0.3) is 0 Å². The highest BCUT2D eigenvalue weighted by molar-refractivity contribution is 5.51. The SMILES string of the molecule is COc1cc(OC)c(OC)cc1CC(CN)c1ccccc1F. The van der Waals surface area contributed by atoms with E-state index in [9.17, 15) is 4.39 Å². The molecule has 0 saturated carbocycles. The Bertz CT molecular complexity index is 661. The van der Waals surface area contributed by atoms with Crippen molar-refractivity contribution in [2.24, 2.45) is 5.73 Å². The van der Waals surface area contributed by atoms with Crippen molar-refractivity contribution in [3.8, 4) is 17.2 Å². The second kappa shape index (κ2) is 7.83. The minimum atomic E-state index is -0.248. The summed E-state index contributed by atoms with van der Waals surface area (Å²) in [5.74, 6) is 1.46. The molecule has 0 heterocycles. The van der Waals surface area contributed by atoms with E-state index in [0.717, 1.165) is 5.56 Å². The van der Waals surface area contributed by atoms with Gasteiger partial charge in [-0.15, -0.1) is 0 Å². The standard InChI is InChI=1S/C18H22FNO3/c1-21-16-10-18(23-3)17(22-2)9-12(16)8-13(11-20)14-6-4-5-7-15(14)19/h4-7,9-10,13H,8,11,20H2,1-3H3. The number of rotatable bonds is 7. The van der Waals surface area contributed by atoms with E-state index in [1.807, 2.05) is 12.1 Å². The highest BCUT2D eigenvalue weighted by Crippen LogP contribution is 2.37. The van der Waals surface area contributed by atoms with Crippen molar-refractivity contribution in [1.29, 1.82) is 0 Å². The van der Waals surface area contributed by atoms with E-state index in [2.05, 4.69) is 0 Å². The molecule has 2 aromatic rings. The third kappa shape index (κ3) is 3.74. The Labute approximate surface area is 136 Å². The Morgan fingerprint density at radius 1 is 0.957 bits per heavy atom. The molecule has 0 aromatic heterocycles. The summed E-state index contributed by atoms with van der Waals surface area (Å²) in [5, 5.41) is 0. The van der Waals surface area contributed by atoms with Gasteiger partial charge in [0.15, 0.2) is 11.5 Å². The Morgan fingerprint density at radius 2 is 1.57 bits per heavy atom. The average molecular weight is 319 g/mol. The number of nitrogens with two attached hydrogens (primary N) is 1. The van der Waals surface area contributed by atoms with Crippen molar-refractivity contribution in [3.63, 3.8) is 0 Å². The summed E-state index contributed by atoms with van der Waals surface area (Å²) < 4.78 is 30.1. The van der Waals surface area contributed by atoms with E-state index in [0.29, 0.717) is 35.8 Å². The first kappa shape index (κ1) is 17.1. The molecule has 5 heteroatoms. The van der Waals surface area contributed by atoms with Crippen LogP contribution in [0.1, 0.15) is 17.0 Å². The zero-order chi connectivity index (χ0) is 16.8. The van der Waals surface area contributed by atoms with Crippen molar-refractivity contribution in [2.45, 2.75) is 12.3 Å². The van der Waals surface area contributed by atoms with Gasteiger partial charge in [-0.05, 0) is 36.2 Å². The largest absolute Gasteiger partial charge is 0.496 e. The van der Waals surface area contributed by atoms with E-state index < -0.39 is 0 Å². The summed E-state index contributed by atoms with van der Waals surface area (Å²) in [6, 6.07) is 10.3. The first-order chi connectivity index (χ1) is 11.1. The normalized spacial score (nSPS) is 11.9. The molecule has 4 nitrogen and oxygen atoms in total. The van der Waals surface area contributed by atoms with Gasteiger partial charge in [0.1, 0.15) is 11.6 Å². The van der Waals surface area contributed by atoms with Crippen molar-refractivity contribution in [1.82, 2.24) is 0 Å². The minimum absolute atomic E-state index is 0.150. The number of ether oxygens (including phenoxy) is 3. The second-order valence-corrected chi connectivity index (χ2v) is 5.18. The van der Waals surface area contributed by atoms with Crippen LogP contribution in [-0.2, 0) is 6.42 Å². The van der Waals surface area contributed by atoms with Crippen LogP contribution in [0.4, 0.5) is 4.39 Å². The molecule has 23 heavy (non-hydrogen) atoms. The van der Waals surface area contributed by atoms with Crippen LogP contribution in [0.25, 0.3) is 0 Å². The van der Waals surface area contributed by atoms with Crippen LogP contribution in [0.15, 0.2) is 36.4 Å². The first-order valence-electron chi connectivity index (χ1n) is 7.38. The van der Waals surface area contributed by atoms with Crippen LogP contribution in [0.5, 0.6) is 17.2 Å². The molecule has 0 radical (unpaired) electrons. The molecule has 2 rings (SSSR count). The fraction of sp³-hybridized carbons (Fsp3) is 0.333. The third-order valence-electron chi connectivity index (χ3n) is 3.88. The summed E-state index contributed by atoms with van der Waals surface area (Å²) in [7, 11) is 4.73. The van der Waals surface area contributed by atoms with Crippen LogP contribution >= 0.6 is 0 Å². The Balaban J connectivity index is 2.39. The molecule has 0 saturated heterocycles. The molecule has 2 N–H and O–H groups in total. The predicted molar refractivity (Wildman–Crippen MR) is 88.0 cm³/mol. The van der Waals surface area contributed by atoms with Gasteiger partial charge in [-0.3, -0.25) is 0 Å². The lowest BCUT2D eigenvalue weighted by Crippen LogP contribution is -2.17. The molecule has 0 amide bonds. The fourth-order valence-electron chi connectivity index (χ4n) is 2.64. The van der Waals surface area contributed by atoms with Gasteiger partial charge < -0.3 is 19.9 Å². The number of benzene rings is 2. The molecule has 1 unspecified atom stereocenters. The summed E-state index contributed by atoms with van der Waals surface area (Å²) in [5.41, 5.74) is 7.37. The molecular formula is C18H22FNO3.